The summed E-state index contributed by atoms with van der Waals surface area (Å²) in [6.45, 7) is 0. The first-order chi connectivity index (χ1) is 3.18. The summed E-state index contributed by atoms with van der Waals surface area (Å²) in [5.41, 5.74) is 4.94. The summed E-state index contributed by atoms with van der Waals surface area (Å²) in [5, 5.41) is 8.01. The van der Waals surface area contributed by atoms with Gasteiger partial charge in [-0.15, -0.1) is 12.4 Å². The zero-order chi connectivity index (χ0) is 5.86. The summed E-state index contributed by atoms with van der Waals surface area (Å²) >= 11 is 3.65. The second-order valence-electron chi connectivity index (χ2n) is 1.13. The van der Waals surface area contributed by atoms with E-state index in [-0.39, 0.29) is 29.1 Å². The molecule has 0 bridgehead atoms. The van der Waals surface area contributed by atoms with Gasteiger partial charge in [0.15, 0.2) is 0 Å². The number of rotatable bonds is 2. The van der Waals surface area contributed by atoms with Crippen molar-refractivity contribution in [3.63, 3.8) is 0 Å². The van der Waals surface area contributed by atoms with E-state index in [9.17, 15) is 4.79 Å². The average Bonchev–Trinajstić information content (AvgIpc) is 1.65. The summed E-state index contributed by atoms with van der Waals surface area (Å²) < 4.78 is 0. The minimum absolute atomic E-state index is 0. The van der Waals surface area contributed by atoms with Gasteiger partial charge in [0.25, 0.3) is 0 Å². The maximum Gasteiger partial charge on any atom is 0.321 e. The maximum atomic E-state index is 9.76. The van der Waals surface area contributed by atoms with Crippen molar-refractivity contribution < 1.29 is 20.9 Å². The van der Waals surface area contributed by atoms with Gasteiger partial charge in [-0.3, -0.25) is 4.79 Å². The fraction of sp³-hybridized carbons (Fsp3) is 0.667. The molecule has 0 heterocycles. The van der Waals surface area contributed by atoms with Gasteiger partial charge in [-0.2, -0.15) is 12.6 Å². The van der Waals surface area contributed by atoms with Crippen molar-refractivity contribution >= 4 is 31.0 Å². The first-order valence-electron chi connectivity index (χ1n) is 1.77. The second-order valence-corrected chi connectivity index (χ2v) is 1.49. The Balaban J connectivity index is -0.0000000600. The molecule has 0 aromatic heterocycles. The molecule has 1 unspecified atom stereocenters. The van der Waals surface area contributed by atoms with Crippen LogP contribution in [0, 0.1) is 0 Å². The first-order valence-corrected chi connectivity index (χ1v) is 2.41. The lowest BCUT2D eigenvalue weighted by Crippen LogP contribution is -2.31. The number of nitrogens with two attached hydrogens (primary N) is 1. The van der Waals surface area contributed by atoms with Crippen LogP contribution in [0.3, 0.4) is 0 Å². The van der Waals surface area contributed by atoms with Gasteiger partial charge in [0.1, 0.15) is 6.04 Å². The predicted molar refractivity (Wildman–Crippen MR) is 43.9 cm³/mol. The number of thiol groups is 1. The topological polar surface area (TPSA) is 126 Å². The molecule has 0 aliphatic carbocycles. The van der Waals surface area contributed by atoms with Crippen molar-refractivity contribution in [2.75, 3.05) is 5.75 Å². The molecule has 0 aromatic rings. The third kappa shape index (κ3) is 10.9. The molecule has 7 heteroatoms. The molecule has 0 aliphatic heterocycles. The van der Waals surface area contributed by atoms with Crippen LogP contribution in [0.15, 0.2) is 0 Å². The van der Waals surface area contributed by atoms with Gasteiger partial charge >= 0.3 is 5.97 Å². The lowest BCUT2D eigenvalue weighted by atomic mass is 10.4. The smallest absolute Gasteiger partial charge is 0.321 e. The zero-order valence-corrected chi connectivity index (χ0v) is 6.78. The van der Waals surface area contributed by atoms with Crippen LogP contribution in [-0.4, -0.2) is 33.8 Å². The van der Waals surface area contributed by atoms with E-state index >= 15 is 0 Å². The fourth-order valence-electron chi connectivity index (χ4n) is 0.0781. The van der Waals surface area contributed by atoms with Gasteiger partial charge in [0, 0.05) is 5.75 Å². The standard InChI is InChI=1S/C3H7NO2S.ClH.2H2O/c4-2(1-7)3(5)6;;;/h2,7H,1,4H2,(H,5,6);1H;2*1H2. The number of aliphatic carboxylic acids is 1. The molecule has 0 spiro atoms. The van der Waals surface area contributed by atoms with Crippen molar-refractivity contribution in [3.05, 3.63) is 0 Å². The van der Waals surface area contributed by atoms with Crippen molar-refractivity contribution in [2.45, 2.75) is 6.04 Å². The Morgan fingerprint density at radius 2 is 1.90 bits per heavy atom. The van der Waals surface area contributed by atoms with Crippen LogP contribution in [-0.2, 0) is 4.79 Å². The average molecular weight is 194 g/mol. The van der Waals surface area contributed by atoms with Crippen LogP contribution in [0.25, 0.3) is 0 Å². The largest absolute Gasteiger partial charge is 0.480 e. The minimum atomic E-state index is -1.00. The van der Waals surface area contributed by atoms with E-state index in [1.807, 2.05) is 0 Å². The summed E-state index contributed by atoms with van der Waals surface area (Å²) in [6, 6.07) is -0.816. The molecule has 0 saturated carbocycles. The van der Waals surface area contributed by atoms with Gasteiger partial charge < -0.3 is 21.8 Å². The summed E-state index contributed by atoms with van der Waals surface area (Å²) in [6.07, 6.45) is 0. The number of hydrogen-bond acceptors (Lipinski definition) is 3. The van der Waals surface area contributed by atoms with E-state index in [4.69, 9.17) is 10.8 Å². The Kier molecular flexibility index (Phi) is 26.4. The van der Waals surface area contributed by atoms with E-state index in [1.165, 1.54) is 0 Å². The quantitative estimate of drug-likeness (QED) is 0.444. The third-order valence-corrected chi connectivity index (χ3v) is 0.907. The van der Waals surface area contributed by atoms with Crippen LogP contribution >= 0.6 is 25.0 Å². The van der Waals surface area contributed by atoms with Crippen molar-refractivity contribution in [2.24, 2.45) is 5.73 Å². The highest BCUT2D eigenvalue weighted by Gasteiger charge is 2.06. The highest BCUT2D eigenvalue weighted by Crippen LogP contribution is 1.80. The first kappa shape index (κ1) is 22.5. The van der Waals surface area contributed by atoms with Gasteiger partial charge in [-0.1, -0.05) is 0 Å². The number of halogens is 1. The van der Waals surface area contributed by atoms with Crippen molar-refractivity contribution in [1.82, 2.24) is 0 Å². The van der Waals surface area contributed by atoms with Gasteiger partial charge in [-0.25, -0.2) is 0 Å². The normalized spacial score (nSPS) is 9.40. The van der Waals surface area contributed by atoms with Gasteiger partial charge in [-0.05, 0) is 0 Å². The SMILES string of the molecule is Cl.NC(CS)C(=O)O.O.O. The molecule has 0 aromatic carbocycles. The molecule has 1 atom stereocenters. The second kappa shape index (κ2) is 11.7. The Labute approximate surface area is 70.0 Å². The molecule has 0 amide bonds. The molecule has 0 aliphatic rings. The van der Waals surface area contributed by atoms with E-state index in [0.29, 0.717) is 0 Å². The van der Waals surface area contributed by atoms with Gasteiger partial charge in [0.05, 0.1) is 0 Å². The Morgan fingerprint density at radius 1 is 1.60 bits per heavy atom. The molecule has 66 valence electrons. The van der Waals surface area contributed by atoms with Crippen molar-refractivity contribution in [1.29, 1.82) is 0 Å². The van der Waals surface area contributed by atoms with Crippen LogP contribution in [0.5, 0.6) is 0 Å². The zero-order valence-electron chi connectivity index (χ0n) is 5.07. The Morgan fingerprint density at radius 3 is 1.90 bits per heavy atom. The number of carboxylic acids is 1. The van der Waals surface area contributed by atoms with E-state index < -0.39 is 12.0 Å². The fourth-order valence-corrected chi connectivity index (χ4v) is 0.234. The molecule has 10 heavy (non-hydrogen) atoms. The van der Waals surface area contributed by atoms with Crippen molar-refractivity contribution in [3.8, 4) is 0 Å². The predicted octanol–water partition coefficient (Wildman–Crippen LogP) is -1.90. The van der Waals surface area contributed by atoms with Gasteiger partial charge in [0.2, 0.25) is 0 Å². The maximum absolute atomic E-state index is 9.76. The number of hydrogen-bond donors (Lipinski definition) is 3. The molecular formula is C3H12ClNO4S. The molecule has 0 rings (SSSR count). The number of carboxylic acid groups (broad SMARTS) is 1. The minimum Gasteiger partial charge on any atom is -0.480 e. The molecular weight excluding hydrogens is 182 g/mol. The summed E-state index contributed by atoms with van der Waals surface area (Å²) in [7, 11) is 0. The van der Waals surface area contributed by atoms with E-state index in [2.05, 4.69) is 12.6 Å². The molecule has 0 saturated heterocycles. The van der Waals surface area contributed by atoms with Crippen LogP contribution in [0.2, 0.25) is 0 Å². The summed E-state index contributed by atoms with van der Waals surface area (Å²) in [4.78, 5) is 9.76. The number of carbonyl (C=O) groups is 1. The van der Waals surface area contributed by atoms with E-state index in [0.717, 1.165) is 0 Å². The highest BCUT2D eigenvalue weighted by molar-refractivity contribution is 7.80. The molecule has 5 nitrogen and oxygen atoms in total. The Bertz CT molecular complexity index is 82.9. The molecule has 0 fully saturated rings. The monoisotopic (exact) mass is 193 g/mol. The lowest BCUT2D eigenvalue weighted by molar-refractivity contribution is -0.137. The Hall–Kier alpha value is -0.0100. The van der Waals surface area contributed by atoms with Crippen LogP contribution < -0.4 is 5.73 Å². The van der Waals surface area contributed by atoms with Crippen LogP contribution in [0.4, 0.5) is 0 Å². The lowest BCUT2D eigenvalue weighted by Gasteiger charge is -1.96. The third-order valence-electron chi connectivity index (χ3n) is 0.514. The summed E-state index contributed by atoms with van der Waals surface area (Å²) in [5.74, 6) is -0.815. The highest BCUT2D eigenvalue weighted by atomic mass is 35.5. The molecule has 7 N–H and O–H groups in total. The van der Waals surface area contributed by atoms with Crippen LogP contribution in [0.1, 0.15) is 0 Å². The van der Waals surface area contributed by atoms with E-state index in [1.54, 1.807) is 0 Å². The molecule has 0 radical (unpaired) electrons.